The van der Waals surface area contributed by atoms with Crippen molar-refractivity contribution in [2.24, 2.45) is 0 Å². The largest absolute Gasteiger partial charge is 0.481 e. The first-order valence-corrected chi connectivity index (χ1v) is 3.34. The number of hydrogen-bond acceptors (Lipinski definition) is 3. The molecule has 0 bridgehead atoms. The van der Waals surface area contributed by atoms with Crippen LogP contribution in [0.25, 0.3) is 0 Å². The molecule has 0 heterocycles. The van der Waals surface area contributed by atoms with Gasteiger partial charge in [0.25, 0.3) is 5.97 Å². The number of carboxylic acid groups (broad SMARTS) is 1. The van der Waals surface area contributed by atoms with E-state index >= 15 is 0 Å². The minimum absolute atomic E-state index is 0.250. The molecule has 0 saturated heterocycles. The molecule has 0 unspecified atom stereocenters. The SMILES string of the molecule is CC(=O)O.CCO.CN(C)C=O. The van der Waals surface area contributed by atoms with Gasteiger partial charge in [-0.15, -0.1) is 0 Å². The average Bonchev–Trinajstić information content (AvgIpc) is 1.88. The van der Waals surface area contributed by atoms with Crippen molar-refractivity contribution in [2.75, 3.05) is 20.7 Å². The topological polar surface area (TPSA) is 77.8 Å². The first kappa shape index (κ1) is 17.1. The number of aliphatic hydroxyl groups excluding tert-OH is 1. The summed E-state index contributed by atoms with van der Waals surface area (Å²) in [7, 11) is 3.38. The van der Waals surface area contributed by atoms with Gasteiger partial charge in [-0.05, 0) is 6.92 Å². The quantitative estimate of drug-likeness (QED) is 0.546. The van der Waals surface area contributed by atoms with Crippen molar-refractivity contribution >= 4 is 12.4 Å². The van der Waals surface area contributed by atoms with Gasteiger partial charge in [0.15, 0.2) is 0 Å². The highest BCUT2D eigenvalue weighted by molar-refractivity contribution is 5.62. The molecule has 5 nitrogen and oxygen atoms in total. The Hall–Kier alpha value is -1.10. The third-order valence-corrected chi connectivity index (χ3v) is 0.211. The number of nitrogens with zero attached hydrogens (tertiary/aromatic N) is 1. The van der Waals surface area contributed by atoms with Crippen LogP contribution in [0.3, 0.4) is 0 Å². The van der Waals surface area contributed by atoms with Gasteiger partial charge in [-0.1, -0.05) is 0 Å². The highest BCUT2D eigenvalue weighted by Crippen LogP contribution is 1.52. The third-order valence-electron chi connectivity index (χ3n) is 0.211. The number of carbonyl (C=O) groups excluding carboxylic acids is 1. The number of carboxylic acids is 1. The van der Waals surface area contributed by atoms with Crippen LogP contribution in [-0.2, 0) is 9.59 Å². The fourth-order valence-electron chi connectivity index (χ4n) is 0. The molecular formula is C7H17NO4. The zero-order valence-electron chi connectivity index (χ0n) is 7.94. The highest BCUT2D eigenvalue weighted by atomic mass is 16.4. The van der Waals surface area contributed by atoms with Crippen molar-refractivity contribution in [1.29, 1.82) is 0 Å². The fourth-order valence-corrected chi connectivity index (χ4v) is 0. The smallest absolute Gasteiger partial charge is 0.300 e. The van der Waals surface area contributed by atoms with E-state index in [-0.39, 0.29) is 6.61 Å². The molecule has 0 aliphatic heterocycles. The lowest BCUT2D eigenvalue weighted by molar-refractivity contribution is -0.134. The number of aliphatic hydroxyl groups is 1. The predicted octanol–water partition coefficient (Wildman–Crippen LogP) is -0.206. The molecule has 0 aromatic heterocycles. The van der Waals surface area contributed by atoms with E-state index in [2.05, 4.69) is 0 Å². The zero-order valence-corrected chi connectivity index (χ0v) is 7.94. The van der Waals surface area contributed by atoms with Gasteiger partial charge >= 0.3 is 0 Å². The molecule has 0 spiro atoms. The van der Waals surface area contributed by atoms with E-state index < -0.39 is 5.97 Å². The number of rotatable bonds is 1. The Labute approximate surface area is 72.6 Å². The van der Waals surface area contributed by atoms with E-state index in [4.69, 9.17) is 15.0 Å². The van der Waals surface area contributed by atoms with Crippen molar-refractivity contribution in [3.8, 4) is 0 Å². The molecule has 0 aromatic carbocycles. The van der Waals surface area contributed by atoms with Crippen LogP contribution in [-0.4, -0.2) is 48.2 Å². The summed E-state index contributed by atoms with van der Waals surface area (Å²) in [5.41, 5.74) is 0. The van der Waals surface area contributed by atoms with Crippen LogP contribution in [0, 0.1) is 0 Å². The lowest BCUT2D eigenvalue weighted by Crippen LogP contribution is -2.06. The van der Waals surface area contributed by atoms with Gasteiger partial charge in [0.1, 0.15) is 0 Å². The van der Waals surface area contributed by atoms with Crippen molar-refractivity contribution in [3.63, 3.8) is 0 Å². The van der Waals surface area contributed by atoms with Gasteiger partial charge in [-0.2, -0.15) is 0 Å². The van der Waals surface area contributed by atoms with E-state index in [1.165, 1.54) is 4.90 Å². The number of aliphatic carboxylic acids is 1. The molecule has 0 aromatic rings. The maximum Gasteiger partial charge on any atom is 0.300 e. The van der Waals surface area contributed by atoms with Crippen LogP contribution in [0.4, 0.5) is 0 Å². The van der Waals surface area contributed by atoms with E-state index in [0.29, 0.717) is 0 Å². The van der Waals surface area contributed by atoms with Crippen molar-refractivity contribution < 1.29 is 19.8 Å². The normalized spacial score (nSPS) is 6.42. The Morgan fingerprint density at radius 1 is 1.50 bits per heavy atom. The van der Waals surface area contributed by atoms with E-state index in [1.807, 2.05) is 0 Å². The maximum absolute atomic E-state index is 9.43. The molecule has 0 fully saturated rings. The Bertz CT molecular complexity index is 99.6. The van der Waals surface area contributed by atoms with Gasteiger partial charge in [0.05, 0.1) is 0 Å². The summed E-state index contributed by atoms with van der Waals surface area (Å²) in [5.74, 6) is -0.833. The highest BCUT2D eigenvalue weighted by Gasteiger charge is 1.68. The van der Waals surface area contributed by atoms with E-state index in [0.717, 1.165) is 13.3 Å². The second-order valence-electron chi connectivity index (χ2n) is 1.90. The lowest BCUT2D eigenvalue weighted by Gasteiger charge is -1.93. The molecule has 1 amide bonds. The number of carbonyl (C=O) groups is 2. The van der Waals surface area contributed by atoms with Crippen LogP contribution in [0.5, 0.6) is 0 Å². The minimum Gasteiger partial charge on any atom is -0.481 e. The van der Waals surface area contributed by atoms with Crippen molar-refractivity contribution in [3.05, 3.63) is 0 Å². The summed E-state index contributed by atoms with van der Waals surface area (Å²) >= 11 is 0. The van der Waals surface area contributed by atoms with Gasteiger partial charge < -0.3 is 15.1 Å². The molecule has 0 atom stereocenters. The maximum atomic E-state index is 9.43. The summed E-state index contributed by atoms with van der Waals surface area (Å²) in [6.07, 6.45) is 0.750. The summed E-state index contributed by atoms with van der Waals surface area (Å²) in [4.78, 5) is 19.9. The summed E-state index contributed by atoms with van der Waals surface area (Å²) in [5, 5.41) is 15.0. The lowest BCUT2D eigenvalue weighted by atomic mass is 10.9. The molecule has 0 aliphatic carbocycles. The molecule has 0 rings (SSSR count). The molecule has 2 N–H and O–H groups in total. The van der Waals surface area contributed by atoms with Crippen LogP contribution in [0.2, 0.25) is 0 Å². The monoisotopic (exact) mass is 179 g/mol. The molecule has 5 heteroatoms. The Morgan fingerprint density at radius 2 is 1.58 bits per heavy atom. The van der Waals surface area contributed by atoms with Crippen LogP contribution < -0.4 is 0 Å². The Morgan fingerprint density at radius 3 is 1.58 bits per heavy atom. The van der Waals surface area contributed by atoms with Crippen LogP contribution >= 0.6 is 0 Å². The second-order valence-corrected chi connectivity index (χ2v) is 1.90. The standard InChI is InChI=1S/C3H7NO.C2H4O2.C2H6O/c1-4(2)3-5;1-2(3)4;1-2-3/h3H,1-2H3;1H3,(H,3,4);3H,2H2,1H3. The van der Waals surface area contributed by atoms with Gasteiger partial charge in [-0.3, -0.25) is 9.59 Å². The second kappa shape index (κ2) is 16.5. The first-order chi connectivity index (χ1) is 5.42. The molecule has 0 saturated carbocycles. The predicted molar refractivity (Wildman–Crippen MR) is 45.8 cm³/mol. The van der Waals surface area contributed by atoms with E-state index in [1.54, 1.807) is 21.0 Å². The molecule has 0 radical (unpaired) electrons. The fraction of sp³-hybridized carbons (Fsp3) is 0.714. The van der Waals surface area contributed by atoms with Gasteiger partial charge in [0.2, 0.25) is 6.41 Å². The van der Waals surface area contributed by atoms with Crippen LogP contribution in [0.15, 0.2) is 0 Å². The third kappa shape index (κ3) is 686. The zero-order chi connectivity index (χ0) is 10.6. The molecule has 74 valence electrons. The van der Waals surface area contributed by atoms with Crippen molar-refractivity contribution in [2.45, 2.75) is 13.8 Å². The Kier molecular flexibility index (Phi) is 23.5. The van der Waals surface area contributed by atoms with Gasteiger partial charge in [-0.25, -0.2) is 0 Å². The molecular weight excluding hydrogens is 162 g/mol. The number of amides is 1. The first-order valence-electron chi connectivity index (χ1n) is 3.34. The summed E-state index contributed by atoms with van der Waals surface area (Å²) in [6, 6.07) is 0. The number of hydrogen-bond donors (Lipinski definition) is 2. The van der Waals surface area contributed by atoms with Crippen molar-refractivity contribution in [1.82, 2.24) is 4.90 Å². The molecule has 0 aliphatic rings. The summed E-state index contributed by atoms with van der Waals surface area (Å²) in [6.45, 7) is 3.01. The van der Waals surface area contributed by atoms with Gasteiger partial charge in [0, 0.05) is 27.6 Å². The average molecular weight is 179 g/mol. The van der Waals surface area contributed by atoms with Crippen LogP contribution in [0.1, 0.15) is 13.8 Å². The Balaban J connectivity index is -0.000000105. The van der Waals surface area contributed by atoms with E-state index in [9.17, 15) is 4.79 Å². The summed E-state index contributed by atoms with van der Waals surface area (Å²) < 4.78 is 0. The molecule has 12 heavy (non-hydrogen) atoms. The minimum atomic E-state index is -0.833.